The second-order valence-electron chi connectivity index (χ2n) is 6.31. The van der Waals surface area contributed by atoms with E-state index >= 15 is 0 Å². The van der Waals surface area contributed by atoms with Crippen molar-refractivity contribution in [2.45, 2.75) is 46.8 Å². The summed E-state index contributed by atoms with van der Waals surface area (Å²) < 4.78 is 5.27. The maximum absolute atomic E-state index is 11.8. The first-order valence-corrected chi connectivity index (χ1v) is 7.06. The Balaban J connectivity index is 2.63. The SMILES string of the molecule is CC(C)CNCc1ccccc1NC(=O)OC(C)(C)C. The summed E-state index contributed by atoms with van der Waals surface area (Å²) in [4.78, 5) is 11.8. The Labute approximate surface area is 121 Å². The van der Waals surface area contributed by atoms with Crippen LogP contribution < -0.4 is 10.6 Å². The fourth-order valence-corrected chi connectivity index (χ4v) is 1.71. The van der Waals surface area contributed by atoms with Crippen LogP contribution in [0.25, 0.3) is 0 Å². The van der Waals surface area contributed by atoms with Gasteiger partial charge in [-0.05, 0) is 44.9 Å². The summed E-state index contributed by atoms with van der Waals surface area (Å²) in [5.74, 6) is 0.598. The Hall–Kier alpha value is -1.55. The van der Waals surface area contributed by atoms with E-state index in [0.29, 0.717) is 5.92 Å². The molecule has 0 saturated carbocycles. The van der Waals surface area contributed by atoms with Gasteiger partial charge in [0.1, 0.15) is 5.60 Å². The third kappa shape index (κ3) is 6.57. The first-order chi connectivity index (χ1) is 9.28. The summed E-state index contributed by atoms with van der Waals surface area (Å²) in [5, 5.41) is 6.17. The lowest BCUT2D eigenvalue weighted by atomic mass is 10.1. The highest BCUT2D eigenvalue weighted by Crippen LogP contribution is 2.16. The van der Waals surface area contributed by atoms with Crippen molar-refractivity contribution in [1.29, 1.82) is 0 Å². The molecule has 4 heteroatoms. The highest BCUT2D eigenvalue weighted by Gasteiger charge is 2.16. The van der Waals surface area contributed by atoms with E-state index in [2.05, 4.69) is 24.5 Å². The molecule has 112 valence electrons. The van der Waals surface area contributed by atoms with Gasteiger partial charge in [-0.3, -0.25) is 5.32 Å². The molecule has 1 aromatic rings. The van der Waals surface area contributed by atoms with Crippen LogP contribution in [0.1, 0.15) is 40.2 Å². The number of ether oxygens (including phenoxy) is 1. The molecule has 4 nitrogen and oxygen atoms in total. The van der Waals surface area contributed by atoms with Crippen molar-refractivity contribution in [3.8, 4) is 0 Å². The predicted molar refractivity (Wildman–Crippen MR) is 82.8 cm³/mol. The fraction of sp³-hybridized carbons (Fsp3) is 0.562. The Morgan fingerprint density at radius 2 is 1.90 bits per heavy atom. The van der Waals surface area contributed by atoms with Crippen molar-refractivity contribution in [3.63, 3.8) is 0 Å². The first-order valence-electron chi connectivity index (χ1n) is 7.06. The van der Waals surface area contributed by atoms with Crippen LogP contribution in [-0.4, -0.2) is 18.2 Å². The maximum atomic E-state index is 11.8. The molecule has 1 rings (SSSR count). The molecule has 0 heterocycles. The van der Waals surface area contributed by atoms with Crippen LogP contribution in [0.3, 0.4) is 0 Å². The van der Waals surface area contributed by atoms with Gasteiger partial charge in [0.15, 0.2) is 0 Å². The van der Waals surface area contributed by atoms with Crippen molar-refractivity contribution in [1.82, 2.24) is 5.32 Å². The Bertz CT molecular complexity index is 436. The highest BCUT2D eigenvalue weighted by atomic mass is 16.6. The lowest BCUT2D eigenvalue weighted by molar-refractivity contribution is 0.0636. The number of rotatable bonds is 5. The zero-order chi connectivity index (χ0) is 15.2. The minimum Gasteiger partial charge on any atom is -0.444 e. The average molecular weight is 278 g/mol. The van der Waals surface area contributed by atoms with Gasteiger partial charge in [0.2, 0.25) is 0 Å². The number of amides is 1. The van der Waals surface area contributed by atoms with Crippen LogP contribution in [0.15, 0.2) is 24.3 Å². The summed E-state index contributed by atoms with van der Waals surface area (Å²) in [6.45, 7) is 11.6. The number of benzene rings is 1. The number of anilines is 1. The van der Waals surface area contributed by atoms with E-state index in [4.69, 9.17) is 4.74 Å². The largest absolute Gasteiger partial charge is 0.444 e. The van der Waals surface area contributed by atoms with Gasteiger partial charge in [0.05, 0.1) is 0 Å². The molecule has 0 spiro atoms. The summed E-state index contributed by atoms with van der Waals surface area (Å²) in [6.07, 6.45) is -0.422. The Morgan fingerprint density at radius 1 is 1.25 bits per heavy atom. The quantitative estimate of drug-likeness (QED) is 0.861. The molecule has 0 fully saturated rings. The second-order valence-corrected chi connectivity index (χ2v) is 6.31. The van der Waals surface area contributed by atoms with Crippen molar-refractivity contribution in [3.05, 3.63) is 29.8 Å². The topological polar surface area (TPSA) is 50.4 Å². The van der Waals surface area contributed by atoms with Crippen LogP contribution in [-0.2, 0) is 11.3 Å². The Kier molecular flexibility index (Phi) is 6.02. The summed E-state index contributed by atoms with van der Waals surface area (Å²) in [7, 11) is 0. The maximum Gasteiger partial charge on any atom is 0.412 e. The number of hydrogen-bond acceptors (Lipinski definition) is 3. The summed E-state index contributed by atoms with van der Waals surface area (Å²) in [6, 6.07) is 7.75. The van der Waals surface area contributed by atoms with Crippen molar-refractivity contribution in [2.75, 3.05) is 11.9 Å². The molecule has 0 aromatic heterocycles. The molecular formula is C16H26N2O2. The third-order valence-electron chi connectivity index (χ3n) is 2.52. The molecule has 1 amide bonds. The van der Waals surface area contributed by atoms with Gasteiger partial charge in [-0.1, -0.05) is 32.0 Å². The molecule has 0 radical (unpaired) electrons. The molecule has 0 aliphatic heterocycles. The molecular weight excluding hydrogens is 252 g/mol. The van der Waals surface area contributed by atoms with Crippen LogP contribution in [0.5, 0.6) is 0 Å². The van der Waals surface area contributed by atoms with E-state index in [0.717, 1.165) is 24.3 Å². The van der Waals surface area contributed by atoms with Gasteiger partial charge >= 0.3 is 6.09 Å². The normalized spacial score (nSPS) is 11.5. The van der Waals surface area contributed by atoms with Crippen LogP contribution in [0.2, 0.25) is 0 Å². The van der Waals surface area contributed by atoms with Gasteiger partial charge in [-0.15, -0.1) is 0 Å². The number of nitrogens with one attached hydrogen (secondary N) is 2. The summed E-state index contributed by atoms with van der Waals surface area (Å²) in [5.41, 5.74) is 1.35. The third-order valence-corrected chi connectivity index (χ3v) is 2.52. The standard InChI is InChI=1S/C16H26N2O2/c1-12(2)10-17-11-13-8-6-7-9-14(13)18-15(19)20-16(3,4)5/h6-9,12,17H,10-11H2,1-5H3,(H,18,19). The van der Waals surface area contributed by atoms with Crippen molar-refractivity contribution >= 4 is 11.8 Å². The molecule has 1 aromatic carbocycles. The van der Waals surface area contributed by atoms with E-state index in [1.165, 1.54) is 0 Å². The van der Waals surface area contributed by atoms with E-state index < -0.39 is 11.7 Å². The zero-order valence-electron chi connectivity index (χ0n) is 13.1. The average Bonchev–Trinajstić information content (AvgIpc) is 2.28. The lowest BCUT2D eigenvalue weighted by Crippen LogP contribution is -2.28. The number of carbonyl (C=O) groups excluding carboxylic acids is 1. The van der Waals surface area contributed by atoms with Gasteiger partial charge in [0, 0.05) is 12.2 Å². The molecule has 0 bridgehead atoms. The summed E-state index contributed by atoms with van der Waals surface area (Å²) >= 11 is 0. The van der Waals surface area contributed by atoms with E-state index in [1.54, 1.807) is 0 Å². The molecule has 2 N–H and O–H groups in total. The highest BCUT2D eigenvalue weighted by molar-refractivity contribution is 5.85. The van der Waals surface area contributed by atoms with Gasteiger partial charge < -0.3 is 10.1 Å². The molecule has 0 aliphatic carbocycles. The van der Waals surface area contributed by atoms with Crippen molar-refractivity contribution in [2.24, 2.45) is 5.92 Å². The van der Waals surface area contributed by atoms with Crippen LogP contribution in [0, 0.1) is 5.92 Å². The number of carbonyl (C=O) groups is 1. The molecule has 20 heavy (non-hydrogen) atoms. The van der Waals surface area contributed by atoms with E-state index in [1.807, 2.05) is 45.0 Å². The predicted octanol–water partition coefficient (Wildman–Crippen LogP) is 3.78. The van der Waals surface area contributed by atoms with Gasteiger partial charge in [0.25, 0.3) is 0 Å². The zero-order valence-corrected chi connectivity index (χ0v) is 13.1. The van der Waals surface area contributed by atoms with Crippen molar-refractivity contribution < 1.29 is 9.53 Å². The molecule has 0 saturated heterocycles. The van der Waals surface area contributed by atoms with Crippen LogP contribution in [0.4, 0.5) is 10.5 Å². The second kappa shape index (κ2) is 7.29. The van der Waals surface area contributed by atoms with Gasteiger partial charge in [-0.2, -0.15) is 0 Å². The lowest BCUT2D eigenvalue weighted by Gasteiger charge is -2.20. The molecule has 0 atom stereocenters. The minimum absolute atomic E-state index is 0.422. The minimum atomic E-state index is -0.491. The number of para-hydroxylation sites is 1. The monoisotopic (exact) mass is 278 g/mol. The van der Waals surface area contributed by atoms with E-state index in [9.17, 15) is 4.79 Å². The van der Waals surface area contributed by atoms with Crippen LogP contribution >= 0.6 is 0 Å². The number of hydrogen-bond donors (Lipinski definition) is 2. The van der Waals surface area contributed by atoms with E-state index in [-0.39, 0.29) is 0 Å². The van der Waals surface area contributed by atoms with Gasteiger partial charge in [-0.25, -0.2) is 4.79 Å². The molecule has 0 aliphatic rings. The smallest absolute Gasteiger partial charge is 0.412 e. The first kappa shape index (κ1) is 16.5. The Morgan fingerprint density at radius 3 is 2.50 bits per heavy atom. The fourth-order valence-electron chi connectivity index (χ4n) is 1.71. The molecule has 0 unspecified atom stereocenters.